The van der Waals surface area contributed by atoms with E-state index in [0.717, 1.165) is 6.42 Å². The summed E-state index contributed by atoms with van der Waals surface area (Å²) in [6.07, 6.45) is -0.0787. The first-order valence-corrected chi connectivity index (χ1v) is 4.30. The smallest absolute Gasteiger partial charge is 0.0984 e. The van der Waals surface area contributed by atoms with Crippen molar-refractivity contribution in [2.45, 2.75) is 37.6 Å². The fourth-order valence-corrected chi connectivity index (χ4v) is 1.78. The van der Waals surface area contributed by atoms with Crippen LogP contribution in [-0.4, -0.2) is 36.5 Å². The highest BCUT2D eigenvalue weighted by molar-refractivity contribution is 4.95. The zero-order valence-electron chi connectivity index (χ0n) is 7.60. The second-order valence-corrected chi connectivity index (χ2v) is 3.61. The molecule has 0 amide bonds. The van der Waals surface area contributed by atoms with Crippen molar-refractivity contribution in [3.8, 4) is 0 Å². The molecule has 0 aromatic rings. The maximum Gasteiger partial charge on any atom is 0.0984 e. The molecule has 4 heteroatoms. The van der Waals surface area contributed by atoms with Gasteiger partial charge in [0.2, 0.25) is 0 Å². The summed E-state index contributed by atoms with van der Waals surface area (Å²) in [4.78, 5) is 0. The number of hydrogen-bond acceptors (Lipinski definition) is 4. The van der Waals surface area contributed by atoms with Crippen LogP contribution in [0.25, 0.3) is 0 Å². The second kappa shape index (κ2) is 3.70. The van der Waals surface area contributed by atoms with Crippen molar-refractivity contribution in [1.29, 1.82) is 0 Å². The maximum absolute atomic E-state index is 9.69. The van der Waals surface area contributed by atoms with Crippen LogP contribution in [0.5, 0.6) is 0 Å². The molecule has 4 nitrogen and oxygen atoms in total. The van der Waals surface area contributed by atoms with Crippen LogP contribution in [0, 0.1) is 5.92 Å². The molecule has 5 atom stereocenters. The normalized spacial score (nSPS) is 49.2. The van der Waals surface area contributed by atoms with Crippen molar-refractivity contribution >= 4 is 0 Å². The molecule has 0 heterocycles. The Kier molecular flexibility index (Phi) is 3.06. The molecule has 1 fully saturated rings. The Morgan fingerprint density at radius 3 is 2.42 bits per heavy atom. The van der Waals surface area contributed by atoms with Crippen molar-refractivity contribution in [2.24, 2.45) is 17.4 Å². The van der Waals surface area contributed by atoms with E-state index in [4.69, 9.17) is 16.2 Å². The second-order valence-electron chi connectivity index (χ2n) is 3.61. The van der Waals surface area contributed by atoms with E-state index < -0.39 is 6.10 Å². The van der Waals surface area contributed by atoms with Crippen molar-refractivity contribution in [2.75, 3.05) is 7.11 Å². The van der Waals surface area contributed by atoms with Gasteiger partial charge in [-0.15, -0.1) is 0 Å². The minimum Gasteiger partial charge on any atom is -0.390 e. The molecule has 1 saturated carbocycles. The Morgan fingerprint density at radius 1 is 1.33 bits per heavy atom. The predicted octanol–water partition coefficient (Wildman–Crippen LogP) is -0.943. The molecular weight excluding hydrogens is 156 g/mol. The molecular formula is C8H18N2O2. The van der Waals surface area contributed by atoms with Gasteiger partial charge in [0.05, 0.1) is 12.2 Å². The van der Waals surface area contributed by atoms with E-state index in [9.17, 15) is 5.11 Å². The van der Waals surface area contributed by atoms with Gasteiger partial charge in [-0.3, -0.25) is 0 Å². The zero-order chi connectivity index (χ0) is 9.30. The number of aliphatic hydroxyl groups excluding tert-OH is 1. The Labute approximate surface area is 72.9 Å². The molecule has 12 heavy (non-hydrogen) atoms. The number of ether oxygens (including phenoxy) is 1. The fraction of sp³-hybridized carbons (Fsp3) is 1.00. The standard InChI is InChI=1S/C8H18N2O2/c1-4-5(9)3-6(10)8(12-2)7(4)11/h4-8,11H,3,9-10H2,1-2H3/t4-,5+,6-,7+,8+/m1/s1. The summed E-state index contributed by atoms with van der Waals surface area (Å²) in [5.41, 5.74) is 11.5. The molecule has 1 aliphatic rings. The van der Waals surface area contributed by atoms with Crippen LogP contribution in [0.1, 0.15) is 13.3 Å². The summed E-state index contributed by atoms with van der Waals surface area (Å²) in [6, 6.07) is -0.155. The third-order valence-corrected chi connectivity index (χ3v) is 2.79. The van der Waals surface area contributed by atoms with Crippen molar-refractivity contribution in [3.05, 3.63) is 0 Å². The van der Waals surface area contributed by atoms with E-state index in [1.54, 1.807) is 7.11 Å². The van der Waals surface area contributed by atoms with E-state index >= 15 is 0 Å². The summed E-state index contributed by atoms with van der Waals surface area (Å²) in [6.45, 7) is 1.92. The van der Waals surface area contributed by atoms with Gasteiger partial charge in [0.25, 0.3) is 0 Å². The van der Waals surface area contributed by atoms with Crippen LogP contribution in [0.15, 0.2) is 0 Å². The average molecular weight is 174 g/mol. The van der Waals surface area contributed by atoms with Gasteiger partial charge in [0.15, 0.2) is 0 Å². The van der Waals surface area contributed by atoms with Crippen LogP contribution in [0.4, 0.5) is 0 Å². The van der Waals surface area contributed by atoms with Crippen molar-refractivity contribution < 1.29 is 9.84 Å². The molecule has 0 aromatic carbocycles. The predicted molar refractivity (Wildman–Crippen MR) is 46.5 cm³/mol. The summed E-state index contributed by atoms with van der Waals surface area (Å²) < 4.78 is 5.10. The van der Waals surface area contributed by atoms with Crippen molar-refractivity contribution in [3.63, 3.8) is 0 Å². The van der Waals surface area contributed by atoms with Crippen LogP contribution in [0.2, 0.25) is 0 Å². The van der Waals surface area contributed by atoms with Gasteiger partial charge in [-0.05, 0) is 12.3 Å². The molecule has 0 saturated heterocycles. The van der Waals surface area contributed by atoms with Crippen LogP contribution < -0.4 is 11.5 Å². The fourth-order valence-electron chi connectivity index (χ4n) is 1.78. The number of hydrogen-bond donors (Lipinski definition) is 3. The highest BCUT2D eigenvalue weighted by Gasteiger charge is 2.38. The molecule has 1 rings (SSSR count). The number of rotatable bonds is 1. The summed E-state index contributed by atoms with van der Waals surface area (Å²) in [7, 11) is 1.57. The number of methoxy groups -OCH3 is 1. The zero-order valence-corrected chi connectivity index (χ0v) is 7.60. The molecule has 0 spiro atoms. The van der Waals surface area contributed by atoms with Crippen LogP contribution in [0.3, 0.4) is 0 Å². The third kappa shape index (κ3) is 1.61. The van der Waals surface area contributed by atoms with Gasteiger partial charge >= 0.3 is 0 Å². The first kappa shape index (κ1) is 9.92. The number of nitrogens with two attached hydrogens (primary N) is 2. The lowest BCUT2D eigenvalue weighted by Crippen LogP contribution is -2.58. The molecule has 0 aliphatic heterocycles. The molecule has 0 unspecified atom stereocenters. The first-order valence-electron chi connectivity index (χ1n) is 4.30. The van der Waals surface area contributed by atoms with Gasteiger partial charge in [0.1, 0.15) is 0 Å². The summed E-state index contributed by atoms with van der Waals surface area (Å²) >= 11 is 0. The van der Waals surface area contributed by atoms with E-state index in [1.165, 1.54) is 0 Å². The molecule has 0 aromatic heterocycles. The molecule has 5 N–H and O–H groups in total. The molecule has 72 valence electrons. The Hall–Kier alpha value is -0.160. The number of aliphatic hydroxyl groups is 1. The minimum absolute atomic E-state index is 0.0126. The van der Waals surface area contributed by atoms with Gasteiger partial charge in [-0.2, -0.15) is 0 Å². The van der Waals surface area contributed by atoms with Gasteiger partial charge in [-0.1, -0.05) is 6.92 Å². The van der Waals surface area contributed by atoms with Crippen molar-refractivity contribution in [1.82, 2.24) is 0 Å². The lowest BCUT2D eigenvalue weighted by molar-refractivity contribution is -0.0776. The quantitative estimate of drug-likeness (QED) is 0.479. The van der Waals surface area contributed by atoms with E-state index in [-0.39, 0.29) is 24.1 Å². The Balaban J connectivity index is 2.65. The summed E-state index contributed by atoms with van der Waals surface area (Å²) in [5, 5.41) is 9.69. The van der Waals surface area contributed by atoms with Gasteiger partial charge in [0, 0.05) is 19.2 Å². The largest absolute Gasteiger partial charge is 0.390 e. The van der Waals surface area contributed by atoms with Gasteiger partial charge < -0.3 is 21.3 Å². The van der Waals surface area contributed by atoms with E-state index in [2.05, 4.69) is 0 Å². The van der Waals surface area contributed by atoms with E-state index in [0.29, 0.717) is 0 Å². The Bertz CT molecular complexity index is 154. The Morgan fingerprint density at radius 2 is 1.92 bits per heavy atom. The lowest BCUT2D eigenvalue weighted by atomic mass is 9.79. The van der Waals surface area contributed by atoms with Crippen LogP contribution in [-0.2, 0) is 4.74 Å². The third-order valence-electron chi connectivity index (χ3n) is 2.79. The van der Waals surface area contributed by atoms with E-state index in [1.807, 2.05) is 6.92 Å². The van der Waals surface area contributed by atoms with Crippen LogP contribution >= 0.6 is 0 Å². The highest BCUT2D eigenvalue weighted by Crippen LogP contribution is 2.24. The maximum atomic E-state index is 9.69. The topological polar surface area (TPSA) is 81.5 Å². The first-order chi connectivity index (χ1) is 5.57. The minimum atomic E-state index is -0.534. The summed E-state index contributed by atoms with van der Waals surface area (Å²) in [5.74, 6) is 0.0646. The lowest BCUT2D eigenvalue weighted by Gasteiger charge is -2.40. The monoisotopic (exact) mass is 174 g/mol. The molecule has 0 radical (unpaired) electrons. The molecule has 1 aliphatic carbocycles. The SMILES string of the molecule is CO[C@@H]1[C@@H](O)[C@H](C)[C@@H](N)C[C@H]1N. The molecule has 0 bridgehead atoms. The average Bonchev–Trinajstić information content (AvgIpc) is 2.01. The highest BCUT2D eigenvalue weighted by atomic mass is 16.5. The van der Waals surface area contributed by atoms with Gasteiger partial charge in [-0.25, -0.2) is 0 Å².